The molecule has 0 amide bonds. The van der Waals surface area contributed by atoms with Crippen LogP contribution >= 0.6 is 0 Å². The van der Waals surface area contributed by atoms with Crippen LogP contribution < -0.4 is 5.32 Å². The van der Waals surface area contributed by atoms with E-state index in [2.05, 4.69) is 17.1 Å². The van der Waals surface area contributed by atoms with Gasteiger partial charge < -0.3 is 5.32 Å². The van der Waals surface area contributed by atoms with Crippen LogP contribution in [0.3, 0.4) is 0 Å². The lowest BCUT2D eigenvalue weighted by Gasteiger charge is -2.36. The maximum absolute atomic E-state index is 3.50. The quantitative estimate of drug-likeness (QED) is 0.722. The van der Waals surface area contributed by atoms with Gasteiger partial charge in [0.05, 0.1) is 0 Å². The van der Waals surface area contributed by atoms with Gasteiger partial charge in [0.15, 0.2) is 0 Å². The Balaban J connectivity index is 1.76. The van der Waals surface area contributed by atoms with Gasteiger partial charge in [-0.05, 0) is 44.7 Å². The lowest BCUT2D eigenvalue weighted by molar-refractivity contribution is 0.140. The molecule has 1 saturated heterocycles. The molecule has 0 aromatic carbocycles. The zero-order chi connectivity index (χ0) is 9.80. The lowest BCUT2D eigenvalue weighted by atomic mass is 10.0. The first-order chi connectivity index (χ1) is 6.90. The van der Waals surface area contributed by atoms with Crippen LogP contribution in [0.1, 0.15) is 39.0 Å². The Hall–Kier alpha value is -0.0800. The van der Waals surface area contributed by atoms with Crippen LogP contribution in [-0.2, 0) is 0 Å². The summed E-state index contributed by atoms with van der Waals surface area (Å²) in [6.07, 6.45) is 7.27. The summed E-state index contributed by atoms with van der Waals surface area (Å²) in [6, 6.07) is 0.837. The average Bonchev–Trinajstić information content (AvgIpc) is 3.01. The van der Waals surface area contributed by atoms with E-state index in [9.17, 15) is 0 Å². The highest BCUT2D eigenvalue weighted by molar-refractivity contribution is 4.84. The van der Waals surface area contributed by atoms with Crippen molar-refractivity contribution in [1.82, 2.24) is 10.2 Å². The number of rotatable bonds is 5. The summed E-state index contributed by atoms with van der Waals surface area (Å²) in [7, 11) is 0. The van der Waals surface area contributed by atoms with Crippen molar-refractivity contribution in [3.05, 3.63) is 0 Å². The third-order valence-corrected chi connectivity index (χ3v) is 3.57. The van der Waals surface area contributed by atoms with Crippen molar-refractivity contribution in [3.8, 4) is 0 Å². The second-order valence-corrected chi connectivity index (χ2v) is 4.90. The lowest BCUT2D eigenvalue weighted by Crippen LogP contribution is -2.46. The molecule has 2 aliphatic rings. The van der Waals surface area contributed by atoms with Gasteiger partial charge in [-0.2, -0.15) is 0 Å². The first kappa shape index (κ1) is 10.4. The van der Waals surface area contributed by atoms with Crippen molar-refractivity contribution in [2.45, 2.75) is 45.1 Å². The molecule has 1 N–H and O–H groups in total. The molecule has 1 unspecified atom stereocenters. The molecule has 0 radical (unpaired) electrons. The van der Waals surface area contributed by atoms with E-state index in [1.54, 1.807) is 0 Å². The molecule has 0 spiro atoms. The monoisotopic (exact) mass is 196 g/mol. The average molecular weight is 196 g/mol. The van der Waals surface area contributed by atoms with E-state index in [4.69, 9.17) is 0 Å². The molecule has 14 heavy (non-hydrogen) atoms. The molecule has 2 fully saturated rings. The van der Waals surface area contributed by atoms with E-state index in [-0.39, 0.29) is 0 Å². The van der Waals surface area contributed by atoms with E-state index in [0.717, 1.165) is 18.5 Å². The molecule has 1 aliphatic heterocycles. The minimum absolute atomic E-state index is 0.837. The molecule has 2 nitrogen and oxygen atoms in total. The Morgan fingerprint density at radius 1 is 1.21 bits per heavy atom. The topological polar surface area (TPSA) is 15.3 Å². The molecular weight excluding hydrogens is 172 g/mol. The Morgan fingerprint density at radius 3 is 2.79 bits per heavy atom. The molecule has 1 atom stereocenters. The number of piperidine rings is 1. The summed E-state index contributed by atoms with van der Waals surface area (Å²) in [6.45, 7) is 7.27. The molecular formula is C12H24N2. The SMILES string of the molecule is CCNCC1CCCCN1CC1CC1. The molecule has 0 aromatic rings. The van der Waals surface area contributed by atoms with Crippen molar-refractivity contribution >= 4 is 0 Å². The van der Waals surface area contributed by atoms with Crippen molar-refractivity contribution in [3.63, 3.8) is 0 Å². The number of hydrogen-bond acceptors (Lipinski definition) is 2. The maximum Gasteiger partial charge on any atom is 0.0220 e. The Morgan fingerprint density at radius 2 is 2.07 bits per heavy atom. The van der Waals surface area contributed by atoms with Gasteiger partial charge in [0.2, 0.25) is 0 Å². The number of nitrogens with zero attached hydrogens (tertiary/aromatic N) is 1. The van der Waals surface area contributed by atoms with Gasteiger partial charge >= 0.3 is 0 Å². The molecule has 1 heterocycles. The minimum atomic E-state index is 0.837. The van der Waals surface area contributed by atoms with Gasteiger partial charge in [0.25, 0.3) is 0 Å². The molecule has 1 aliphatic carbocycles. The first-order valence-electron chi connectivity index (χ1n) is 6.35. The summed E-state index contributed by atoms with van der Waals surface area (Å²) in [5.74, 6) is 1.05. The van der Waals surface area contributed by atoms with Crippen molar-refractivity contribution in [2.24, 2.45) is 5.92 Å². The van der Waals surface area contributed by atoms with E-state index in [1.165, 1.54) is 51.7 Å². The van der Waals surface area contributed by atoms with Gasteiger partial charge in [-0.1, -0.05) is 13.3 Å². The van der Waals surface area contributed by atoms with Crippen LogP contribution in [0.15, 0.2) is 0 Å². The number of likely N-dealkylation sites (N-methyl/N-ethyl adjacent to an activating group) is 1. The molecule has 0 bridgehead atoms. The van der Waals surface area contributed by atoms with E-state index in [1.807, 2.05) is 0 Å². The third-order valence-electron chi connectivity index (χ3n) is 3.57. The zero-order valence-corrected chi connectivity index (χ0v) is 9.47. The number of nitrogens with one attached hydrogen (secondary N) is 1. The summed E-state index contributed by atoms with van der Waals surface area (Å²) < 4.78 is 0. The van der Waals surface area contributed by atoms with Crippen LogP contribution in [0.5, 0.6) is 0 Å². The van der Waals surface area contributed by atoms with E-state index < -0.39 is 0 Å². The minimum Gasteiger partial charge on any atom is -0.315 e. The molecule has 2 rings (SSSR count). The van der Waals surface area contributed by atoms with Crippen LogP contribution in [0.25, 0.3) is 0 Å². The second kappa shape index (κ2) is 5.13. The number of hydrogen-bond donors (Lipinski definition) is 1. The largest absolute Gasteiger partial charge is 0.315 e. The summed E-state index contributed by atoms with van der Waals surface area (Å²) in [5, 5.41) is 3.50. The van der Waals surface area contributed by atoms with Crippen molar-refractivity contribution in [1.29, 1.82) is 0 Å². The van der Waals surface area contributed by atoms with Gasteiger partial charge in [0.1, 0.15) is 0 Å². The highest BCUT2D eigenvalue weighted by atomic mass is 15.2. The van der Waals surface area contributed by atoms with Crippen molar-refractivity contribution in [2.75, 3.05) is 26.2 Å². The summed E-state index contributed by atoms with van der Waals surface area (Å²) in [5.41, 5.74) is 0. The maximum atomic E-state index is 3.50. The van der Waals surface area contributed by atoms with Gasteiger partial charge in [-0.25, -0.2) is 0 Å². The summed E-state index contributed by atoms with van der Waals surface area (Å²) in [4.78, 5) is 2.74. The normalized spacial score (nSPS) is 29.4. The molecule has 0 aromatic heterocycles. The van der Waals surface area contributed by atoms with Gasteiger partial charge in [-0.15, -0.1) is 0 Å². The fourth-order valence-electron chi connectivity index (χ4n) is 2.47. The Bertz CT molecular complexity index is 166. The van der Waals surface area contributed by atoms with Crippen molar-refractivity contribution < 1.29 is 0 Å². The predicted octanol–water partition coefficient (Wildman–Crippen LogP) is 1.86. The van der Waals surface area contributed by atoms with Gasteiger partial charge in [-0.3, -0.25) is 4.90 Å². The summed E-state index contributed by atoms with van der Waals surface area (Å²) >= 11 is 0. The number of likely N-dealkylation sites (tertiary alicyclic amines) is 1. The van der Waals surface area contributed by atoms with E-state index >= 15 is 0 Å². The fraction of sp³-hybridized carbons (Fsp3) is 1.00. The van der Waals surface area contributed by atoms with E-state index in [0.29, 0.717) is 0 Å². The van der Waals surface area contributed by atoms with Gasteiger partial charge in [0, 0.05) is 19.1 Å². The van der Waals surface area contributed by atoms with Crippen LogP contribution in [0.2, 0.25) is 0 Å². The molecule has 2 heteroatoms. The zero-order valence-electron chi connectivity index (χ0n) is 9.47. The van der Waals surface area contributed by atoms with Crippen LogP contribution in [0, 0.1) is 5.92 Å². The highest BCUT2D eigenvalue weighted by Crippen LogP contribution is 2.31. The Kier molecular flexibility index (Phi) is 3.82. The van der Waals surface area contributed by atoms with Crippen LogP contribution in [0.4, 0.5) is 0 Å². The first-order valence-corrected chi connectivity index (χ1v) is 6.35. The fourth-order valence-corrected chi connectivity index (χ4v) is 2.47. The second-order valence-electron chi connectivity index (χ2n) is 4.90. The standard InChI is InChI=1S/C12H24N2/c1-2-13-9-12-5-3-4-8-14(12)10-11-6-7-11/h11-13H,2-10H2,1H3. The Labute approximate surface area is 88.1 Å². The van der Waals surface area contributed by atoms with Crippen LogP contribution in [-0.4, -0.2) is 37.1 Å². The molecule has 82 valence electrons. The highest BCUT2D eigenvalue weighted by Gasteiger charge is 2.29. The smallest absolute Gasteiger partial charge is 0.0220 e. The molecule has 1 saturated carbocycles. The predicted molar refractivity (Wildman–Crippen MR) is 60.5 cm³/mol. The third kappa shape index (κ3) is 2.96.